The molecule has 0 radical (unpaired) electrons. The molecule has 0 atom stereocenters. The van der Waals surface area contributed by atoms with Crippen LogP contribution in [-0.2, 0) is 0 Å². The van der Waals surface area contributed by atoms with E-state index in [1.165, 1.54) is 6.07 Å². The molecule has 18 heavy (non-hydrogen) atoms. The summed E-state index contributed by atoms with van der Waals surface area (Å²) in [6.45, 7) is 10.3. The number of ketones is 1. The van der Waals surface area contributed by atoms with Gasteiger partial charge in [0.25, 0.3) is 0 Å². The Labute approximate surface area is 109 Å². The first-order valence-corrected chi connectivity index (χ1v) is 6.25. The van der Waals surface area contributed by atoms with Crippen molar-refractivity contribution in [1.82, 2.24) is 5.32 Å². The smallest absolute Gasteiger partial charge is 0.167 e. The molecule has 0 aromatic heterocycles. The third kappa shape index (κ3) is 4.22. The van der Waals surface area contributed by atoms with E-state index in [4.69, 9.17) is 0 Å². The third-order valence-corrected chi connectivity index (χ3v) is 2.72. The average Bonchev–Trinajstić information content (AvgIpc) is 2.13. The maximum atomic E-state index is 13.8. The lowest BCUT2D eigenvalue weighted by molar-refractivity contribution is 0.0976. The molecule has 0 aliphatic heterocycles. The van der Waals surface area contributed by atoms with Gasteiger partial charge in [0.05, 0.1) is 5.56 Å². The predicted molar refractivity (Wildman–Crippen MR) is 72.6 cm³/mol. The molecule has 0 bridgehead atoms. The molecule has 1 N–H and O–H groups in total. The topological polar surface area (TPSA) is 29.1 Å². The minimum absolute atomic E-state index is 0.0266. The van der Waals surface area contributed by atoms with Crippen LogP contribution in [0.3, 0.4) is 0 Å². The van der Waals surface area contributed by atoms with Gasteiger partial charge in [0, 0.05) is 18.5 Å². The second kappa shape index (κ2) is 5.61. The van der Waals surface area contributed by atoms with Crippen molar-refractivity contribution in [2.45, 2.75) is 46.6 Å². The van der Waals surface area contributed by atoms with E-state index in [0.717, 1.165) is 5.56 Å². The number of halogens is 1. The molecule has 0 saturated heterocycles. The predicted octanol–water partition coefficient (Wildman–Crippen LogP) is 3.40. The summed E-state index contributed by atoms with van der Waals surface area (Å²) in [4.78, 5) is 12.0. The van der Waals surface area contributed by atoms with Gasteiger partial charge < -0.3 is 5.32 Å². The zero-order chi connectivity index (χ0) is 13.9. The van der Waals surface area contributed by atoms with Gasteiger partial charge in [0.1, 0.15) is 5.82 Å². The highest BCUT2D eigenvalue weighted by atomic mass is 19.1. The molecule has 1 aromatic carbocycles. The summed E-state index contributed by atoms with van der Waals surface area (Å²) in [5.41, 5.74) is 1.76. The zero-order valence-corrected chi connectivity index (χ0v) is 11.9. The molecular formula is C15H22FNO. The number of benzene rings is 1. The minimum atomic E-state index is -0.409. The Morgan fingerprint density at radius 3 is 2.39 bits per heavy atom. The van der Waals surface area contributed by atoms with Crippen LogP contribution in [-0.4, -0.2) is 17.9 Å². The maximum Gasteiger partial charge on any atom is 0.167 e. The first-order valence-electron chi connectivity index (χ1n) is 6.25. The summed E-state index contributed by atoms with van der Waals surface area (Å²) in [6, 6.07) is 3.25. The van der Waals surface area contributed by atoms with Gasteiger partial charge in [-0.1, -0.05) is 6.07 Å². The summed E-state index contributed by atoms with van der Waals surface area (Å²) >= 11 is 0. The van der Waals surface area contributed by atoms with E-state index in [9.17, 15) is 9.18 Å². The fourth-order valence-corrected chi connectivity index (χ4v) is 1.94. The second-order valence-corrected chi connectivity index (χ2v) is 5.79. The molecule has 3 heteroatoms. The fourth-order valence-electron chi connectivity index (χ4n) is 1.94. The van der Waals surface area contributed by atoms with Crippen molar-refractivity contribution >= 4 is 5.78 Å². The number of hydrogen-bond acceptors (Lipinski definition) is 2. The van der Waals surface area contributed by atoms with Gasteiger partial charge in [-0.15, -0.1) is 0 Å². The molecule has 0 heterocycles. The maximum absolute atomic E-state index is 13.8. The number of carbonyl (C=O) groups excluding carboxylic acids is 1. The molecule has 0 saturated carbocycles. The largest absolute Gasteiger partial charge is 0.312 e. The number of Topliss-reactive ketones (excluding diaryl/α,β-unsaturated/α-hetero) is 1. The highest BCUT2D eigenvalue weighted by molar-refractivity contribution is 5.97. The van der Waals surface area contributed by atoms with Crippen LogP contribution in [0, 0.1) is 19.7 Å². The number of rotatable bonds is 4. The zero-order valence-electron chi connectivity index (χ0n) is 11.9. The molecule has 0 aliphatic carbocycles. The Bertz CT molecular complexity index is 423. The van der Waals surface area contributed by atoms with Crippen LogP contribution < -0.4 is 5.32 Å². The van der Waals surface area contributed by atoms with E-state index in [2.05, 4.69) is 5.32 Å². The van der Waals surface area contributed by atoms with Crippen LogP contribution in [0.4, 0.5) is 4.39 Å². The van der Waals surface area contributed by atoms with Crippen LogP contribution in [0.1, 0.15) is 48.7 Å². The van der Waals surface area contributed by atoms with Gasteiger partial charge in [0.2, 0.25) is 0 Å². The standard InChI is InChI=1S/C15H22FNO/c1-10-8-11(2)14(12(16)9-10)13(18)6-7-17-15(3,4)5/h8-9,17H,6-7H2,1-5H3. The fraction of sp³-hybridized carbons (Fsp3) is 0.533. The molecule has 0 amide bonds. The quantitative estimate of drug-likeness (QED) is 0.831. The number of aryl methyl sites for hydroxylation is 2. The van der Waals surface area contributed by atoms with Crippen LogP contribution >= 0.6 is 0 Å². The van der Waals surface area contributed by atoms with Crippen molar-refractivity contribution in [3.8, 4) is 0 Å². The molecule has 1 rings (SSSR count). The Morgan fingerprint density at radius 1 is 1.28 bits per heavy atom. The second-order valence-electron chi connectivity index (χ2n) is 5.79. The molecule has 0 spiro atoms. The average molecular weight is 251 g/mol. The molecule has 0 aliphatic rings. The van der Waals surface area contributed by atoms with Gasteiger partial charge in [-0.25, -0.2) is 4.39 Å². The van der Waals surface area contributed by atoms with Gasteiger partial charge in [-0.3, -0.25) is 4.79 Å². The highest BCUT2D eigenvalue weighted by Gasteiger charge is 2.16. The molecule has 2 nitrogen and oxygen atoms in total. The van der Waals surface area contributed by atoms with Gasteiger partial charge in [-0.2, -0.15) is 0 Å². The first kappa shape index (κ1) is 14.8. The summed E-state index contributed by atoms with van der Waals surface area (Å²) in [6.07, 6.45) is 0.318. The molecule has 0 fully saturated rings. The monoisotopic (exact) mass is 251 g/mol. The number of hydrogen-bond donors (Lipinski definition) is 1. The van der Waals surface area contributed by atoms with E-state index in [0.29, 0.717) is 18.5 Å². The lowest BCUT2D eigenvalue weighted by atomic mass is 9.99. The van der Waals surface area contributed by atoms with Gasteiger partial charge >= 0.3 is 0 Å². The van der Waals surface area contributed by atoms with Crippen LogP contribution in [0.15, 0.2) is 12.1 Å². The van der Waals surface area contributed by atoms with Gasteiger partial charge in [0.15, 0.2) is 5.78 Å². The Kier molecular flexibility index (Phi) is 4.63. The Balaban J connectivity index is 2.74. The van der Waals surface area contributed by atoms with Crippen molar-refractivity contribution in [2.75, 3.05) is 6.54 Å². The normalized spacial score (nSPS) is 11.7. The summed E-state index contributed by atoms with van der Waals surface area (Å²) < 4.78 is 13.8. The van der Waals surface area contributed by atoms with E-state index in [-0.39, 0.29) is 16.9 Å². The molecule has 1 aromatic rings. The Morgan fingerprint density at radius 2 is 1.89 bits per heavy atom. The van der Waals surface area contributed by atoms with E-state index in [1.54, 1.807) is 6.92 Å². The summed E-state index contributed by atoms with van der Waals surface area (Å²) in [7, 11) is 0. The SMILES string of the molecule is Cc1cc(C)c(C(=O)CCNC(C)(C)C)c(F)c1. The number of carbonyl (C=O) groups is 1. The van der Waals surface area contributed by atoms with Crippen LogP contribution in [0.2, 0.25) is 0 Å². The molecule has 100 valence electrons. The lowest BCUT2D eigenvalue weighted by Gasteiger charge is -2.20. The third-order valence-electron chi connectivity index (χ3n) is 2.72. The van der Waals surface area contributed by atoms with Crippen molar-refractivity contribution in [3.05, 3.63) is 34.6 Å². The highest BCUT2D eigenvalue weighted by Crippen LogP contribution is 2.17. The van der Waals surface area contributed by atoms with Gasteiger partial charge in [-0.05, 0) is 51.8 Å². The van der Waals surface area contributed by atoms with Crippen LogP contribution in [0.5, 0.6) is 0 Å². The van der Waals surface area contributed by atoms with Crippen molar-refractivity contribution in [1.29, 1.82) is 0 Å². The van der Waals surface area contributed by atoms with Crippen molar-refractivity contribution in [3.63, 3.8) is 0 Å². The minimum Gasteiger partial charge on any atom is -0.312 e. The van der Waals surface area contributed by atoms with E-state index in [1.807, 2.05) is 33.8 Å². The number of nitrogens with one attached hydrogen (secondary N) is 1. The van der Waals surface area contributed by atoms with E-state index >= 15 is 0 Å². The summed E-state index contributed by atoms with van der Waals surface area (Å²) in [5.74, 6) is -0.546. The van der Waals surface area contributed by atoms with Crippen molar-refractivity contribution < 1.29 is 9.18 Å². The summed E-state index contributed by atoms with van der Waals surface area (Å²) in [5, 5.41) is 3.23. The van der Waals surface area contributed by atoms with E-state index < -0.39 is 5.82 Å². The molecule has 0 unspecified atom stereocenters. The first-order chi connectivity index (χ1) is 8.20. The Hall–Kier alpha value is -1.22. The van der Waals surface area contributed by atoms with Crippen molar-refractivity contribution in [2.24, 2.45) is 0 Å². The lowest BCUT2D eigenvalue weighted by Crippen LogP contribution is -2.37. The van der Waals surface area contributed by atoms with Crippen LogP contribution in [0.25, 0.3) is 0 Å². The molecular weight excluding hydrogens is 229 g/mol.